The molecule has 1 saturated heterocycles. The van der Waals surface area contributed by atoms with Gasteiger partial charge < -0.3 is 20.4 Å². The molecule has 0 bridgehead atoms. The predicted molar refractivity (Wildman–Crippen MR) is 92.1 cm³/mol. The lowest BCUT2D eigenvalue weighted by molar-refractivity contribution is -0.115. The molecule has 1 heterocycles. The Hall–Kier alpha value is -2.01. The molecular formula is C17H28N4O. The summed E-state index contributed by atoms with van der Waals surface area (Å²) in [5, 5.41) is 5.70. The molecule has 0 aliphatic carbocycles. The van der Waals surface area contributed by atoms with Crippen molar-refractivity contribution in [2.24, 2.45) is 0 Å². The average molecular weight is 304 g/mol. The zero-order valence-electron chi connectivity index (χ0n) is 13.9. The van der Waals surface area contributed by atoms with E-state index in [1.54, 1.807) is 6.20 Å². The van der Waals surface area contributed by atoms with E-state index < -0.39 is 0 Å². The van der Waals surface area contributed by atoms with Crippen molar-refractivity contribution in [3.63, 3.8) is 0 Å². The Balaban J connectivity index is 2.64. The van der Waals surface area contributed by atoms with Gasteiger partial charge in [0, 0.05) is 45.1 Å². The molecule has 122 valence electrons. The van der Waals surface area contributed by atoms with E-state index in [9.17, 15) is 4.79 Å². The third kappa shape index (κ3) is 5.77. The fourth-order valence-corrected chi connectivity index (χ4v) is 2.29. The first kappa shape index (κ1) is 18.0. The van der Waals surface area contributed by atoms with Crippen molar-refractivity contribution in [1.29, 1.82) is 0 Å². The molecule has 0 saturated carbocycles. The standard InChI is InChI=1S/C17H28N4O/c1-5-16(21-12-10-20(7-3)11-13-21)9-8-15(18-4)14-19-17(22)6-2/h5-6,8-9,14,18H,2,7,10-13H2,1,3-4H3,(H,19,22)/b9-8-,15-14-,16-5+. The molecule has 5 heteroatoms. The minimum Gasteiger partial charge on any atom is -0.387 e. The summed E-state index contributed by atoms with van der Waals surface area (Å²) >= 11 is 0. The van der Waals surface area contributed by atoms with Crippen LogP contribution in [0.1, 0.15) is 13.8 Å². The lowest BCUT2D eigenvalue weighted by Gasteiger charge is -2.36. The first-order valence-electron chi connectivity index (χ1n) is 7.77. The van der Waals surface area contributed by atoms with Crippen LogP contribution < -0.4 is 10.6 Å². The van der Waals surface area contributed by atoms with Gasteiger partial charge in [-0.3, -0.25) is 4.79 Å². The van der Waals surface area contributed by atoms with Crippen LogP contribution in [0.2, 0.25) is 0 Å². The second-order valence-electron chi connectivity index (χ2n) is 5.03. The monoisotopic (exact) mass is 304 g/mol. The fourth-order valence-electron chi connectivity index (χ4n) is 2.29. The Bertz CT molecular complexity index is 457. The number of carbonyl (C=O) groups is 1. The second kappa shape index (κ2) is 9.84. The number of amides is 1. The number of hydrogen-bond donors (Lipinski definition) is 2. The smallest absolute Gasteiger partial charge is 0.247 e. The van der Waals surface area contributed by atoms with Gasteiger partial charge in [-0.2, -0.15) is 0 Å². The molecule has 1 aliphatic heterocycles. The maximum Gasteiger partial charge on any atom is 0.247 e. The van der Waals surface area contributed by atoms with Gasteiger partial charge in [0.25, 0.3) is 0 Å². The Labute approximate surface area is 134 Å². The predicted octanol–water partition coefficient (Wildman–Crippen LogP) is 1.45. The molecule has 1 amide bonds. The first-order chi connectivity index (χ1) is 10.6. The summed E-state index contributed by atoms with van der Waals surface area (Å²) in [4.78, 5) is 16.0. The lowest BCUT2D eigenvalue weighted by Crippen LogP contribution is -2.45. The van der Waals surface area contributed by atoms with Gasteiger partial charge >= 0.3 is 0 Å². The Kier molecular flexibility index (Phi) is 8.07. The molecule has 22 heavy (non-hydrogen) atoms. The van der Waals surface area contributed by atoms with Crippen molar-refractivity contribution in [3.8, 4) is 0 Å². The molecular weight excluding hydrogens is 276 g/mol. The summed E-state index contributed by atoms with van der Waals surface area (Å²) in [7, 11) is 1.82. The van der Waals surface area contributed by atoms with E-state index in [1.165, 1.54) is 11.8 Å². The topological polar surface area (TPSA) is 47.6 Å². The molecule has 0 aromatic heterocycles. The number of carbonyl (C=O) groups excluding carboxylic acids is 1. The van der Waals surface area contributed by atoms with Crippen LogP contribution in [0.25, 0.3) is 0 Å². The van der Waals surface area contributed by atoms with Crippen molar-refractivity contribution in [2.45, 2.75) is 13.8 Å². The van der Waals surface area contributed by atoms with Gasteiger partial charge in [-0.15, -0.1) is 0 Å². The minimum absolute atomic E-state index is 0.219. The normalized spacial score (nSPS) is 17.7. The second-order valence-corrected chi connectivity index (χ2v) is 5.03. The van der Waals surface area contributed by atoms with Crippen molar-refractivity contribution in [3.05, 3.63) is 48.5 Å². The number of likely N-dealkylation sites (N-methyl/N-ethyl adjacent to an activating group) is 2. The summed E-state index contributed by atoms with van der Waals surface area (Å²) in [6, 6.07) is 0. The fraction of sp³-hybridized carbons (Fsp3) is 0.471. The molecule has 5 nitrogen and oxygen atoms in total. The molecule has 0 unspecified atom stereocenters. The third-order valence-electron chi connectivity index (χ3n) is 3.76. The third-order valence-corrected chi connectivity index (χ3v) is 3.76. The van der Waals surface area contributed by atoms with Gasteiger partial charge in [-0.05, 0) is 31.7 Å². The van der Waals surface area contributed by atoms with Crippen molar-refractivity contribution in [1.82, 2.24) is 20.4 Å². The molecule has 1 rings (SSSR count). The summed E-state index contributed by atoms with van der Waals surface area (Å²) in [5.74, 6) is -0.219. The first-order valence-corrected chi connectivity index (χ1v) is 7.77. The van der Waals surface area contributed by atoms with Gasteiger partial charge in [-0.1, -0.05) is 19.6 Å². The van der Waals surface area contributed by atoms with E-state index in [-0.39, 0.29) is 5.91 Å². The Morgan fingerprint density at radius 3 is 2.41 bits per heavy atom. The van der Waals surface area contributed by atoms with Gasteiger partial charge in [-0.25, -0.2) is 0 Å². The summed E-state index contributed by atoms with van der Waals surface area (Å²) in [6.07, 6.45) is 9.05. The van der Waals surface area contributed by atoms with Crippen LogP contribution >= 0.6 is 0 Å². The highest BCUT2D eigenvalue weighted by Gasteiger charge is 2.15. The number of rotatable bonds is 7. The number of piperazine rings is 1. The van der Waals surface area contributed by atoms with Crippen molar-refractivity contribution < 1.29 is 4.79 Å². The molecule has 1 aliphatic rings. The Morgan fingerprint density at radius 2 is 1.91 bits per heavy atom. The number of hydrogen-bond acceptors (Lipinski definition) is 4. The maximum absolute atomic E-state index is 11.2. The molecule has 0 radical (unpaired) electrons. The van der Waals surface area contributed by atoms with Gasteiger partial charge in [0.2, 0.25) is 5.91 Å². The van der Waals surface area contributed by atoms with E-state index in [4.69, 9.17) is 0 Å². The van der Waals surface area contributed by atoms with Gasteiger partial charge in [0.05, 0.1) is 5.70 Å². The number of nitrogens with zero attached hydrogens (tertiary/aromatic N) is 2. The van der Waals surface area contributed by atoms with Crippen LogP contribution in [-0.4, -0.2) is 55.5 Å². The number of allylic oxidation sites excluding steroid dienone is 3. The van der Waals surface area contributed by atoms with Crippen LogP contribution in [0.4, 0.5) is 0 Å². The van der Waals surface area contributed by atoms with Crippen molar-refractivity contribution in [2.75, 3.05) is 39.8 Å². The van der Waals surface area contributed by atoms with Crippen LogP contribution in [0.3, 0.4) is 0 Å². The SMILES string of the molecule is C=CC(=O)N/C=C(/C=C\C(=C/C)N1CCN(CC)CC1)NC. The number of nitrogens with one attached hydrogen (secondary N) is 2. The van der Waals surface area contributed by atoms with Gasteiger partial charge in [0.1, 0.15) is 0 Å². The highest BCUT2D eigenvalue weighted by atomic mass is 16.1. The molecule has 0 aromatic carbocycles. The summed E-state index contributed by atoms with van der Waals surface area (Å²) in [6.45, 7) is 13.1. The van der Waals surface area contributed by atoms with E-state index in [0.717, 1.165) is 38.4 Å². The Morgan fingerprint density at radius 1 is 1.23 bits per heavy atom. The van der Waals surface area contributed by atoms with E-state index >= 15 is 0 Å². The quantitative estimate of drug-likeness (QED) is 0.552. The van der Waals surface area contributed by atoms with Crippen LogP contribution in [0.15, 0.2) is 48.5 Å². The molecule has 2 N–H and O–H groups in total. The van der Waals surface area contributed by atoms with Crippen LogP contribution in [0.5, 0.6) is 0 Å². The van der Waals surface area contributed by atoms with Crippen LogP contribution in [-0.2, 0) is 4.79 Å². The van der Waals surface area contributed by atoms with Gasteiger partial charge in [0.15, 0.2) is 0 Å². The molecule has 0 atom stereocenters. The van der Waals surface area contributed by atoms with E-state index in [0.29, 0.717) is 0 Å². The van der Waals surface area contributed by atoms with E-state index in [2.05, 4.69) is 46.1 Å². The maximum atomic E-state index is 11.2. The molecule has 1 fully saturated rings. The van der Waals surface area contributed by atoms with E-state index in [1.807, 2.05) is 20.0 Å². The minimum atomic E-state index is -0.219. The highest BCUT2D eigenvalue weighted by Crippen LogP contribution is 2.11. The summed E-state index contributed by atoms with van der Waals surface area (Å²) < 4.78 is 0. The average Bonchev–Trinajstić information content (AvgIpc) is 2.58. The summed E-state index contributed by atoms with van der Waals surface area (Å²) in [5.41, 5.74) is 2.04. The van der Waals surface area contributed by atoms with Crippen LogP contribution in [0, 0.1) is 0 Å². The zero-order valence-corrected chi connectivity index (χ0v) is 13.9. The van der Waals surface area contributed by atoms with Crippen molar-refractivity contribution >= 4 is 5.91 Å². The zero-order chi connectivity index (χ0) is 16.4. The molecule has 0 aromatic rings. The largest absolute Gasteiger partial charge is 0.387 e. The highest BCUT2D eigenvalue weighted by molar-refractivity contribution is 5.87. The molecule has 0 spiro atoms. The lowest BCUT2D eigenvalue weighted by atomic mass is 10.2.